The molecule has 0 saturated heterocycles. The van der Waals surface area contributed by atoms with E-state index in [2.05, 4.69) is 5.32 Å². The van der Waals surface area contributed by atoms with Gasteiger partial charge in [0.1, 0.15) is 11.5 Å². The van der Waals surface area contributed by atoms with Crippen LogP contribution in [0.15, 0.2) is 48.5 Å². The molecule has 2 amide bonds. The molecule has 2 aromatic carbocycles. The van der Waals surface area contributed by atoms with E-state index in [9.17, 15) is 9.59 Å². The van der Waals surface area contributed by atoms with Crippen LogP contribution in [0.4, 0.5) is 5.69 Å². The van der Waals surface area contributed by atoms with Crippen molar-refractivity contribution in [2.45, 2.75) is 20.0 Å². The predicted octanol–water partition coefficient (Wildman–Crippen LogP) is 4.25. The summed E-state index contributed by atoms with van der Waals surface area (Å²) in [5.74, 6) is 0.563. The summed E-state index contributed by atoms with van der Waals surface area (Å²) in [7, 11) is 3.06. The van der Waals surface area contributed by atoms with Crippen LogP contribution in [0.25, 0.3) is 6.08 Å². The van der Waals surface area contributed by atoms with Crippen LogP contribution in [0, 0.1) is 0 Å². The number of nitrogens with one attached hydrogen (secondary N) is 1. The van der Waals surface area contributed by atoms with Gasteiger partial charge in [-0.25, -0.2) is 0 Å². The van der Waals surface area contributed by atoms with Crippen molar-refractivity contribution in [3.63, 3.8) is 0 Å². The van der Waals surface area contributed by atoms with Crippen LogP contribution in [-0.2, 0) is 9.59 Å². The van der Waals surface area contributed by atoms with Crippen molar-refractivity contribution in [2.24, 2.45) is 0 Å². The molecule has 6 nitrogen and oxygen atoms in total. The molecule has 0 aliphatic carbocycles. The summed E-state index contributed by atoms with van der Waals surface area (Å²) in [6, 6.07) is 12.4. The second-order valence-corrected chi connectivity index (χ2v) is 7.10. The Morgan fingerprint density at radius 1 is 1.21 bits per heavy atom. The standard InChI is InChI=1S/C22H25ClN2O4/c1-15(2)29-18-7-5-6-16(12-18)8-11-22(27)25(3)14-21(26)24-19-13-17(23)9-10-20(19)28-4/h5-13,15H,14H2,1-4H3,(H,24,26)/b11-8+. The molecule has 0 unspecified atom stereocenters. The van der Waals surface area contributed by atoms with Crippen LogP contribution in [0.3, 0.4) is 0 Å². The Labute approximate surface area is 176 Å². The van der Waals surface area contributed by atoms with Crippen LogP contribution >= 0.6 is 11.6 Å². The maximum absolute atomic E-state index is 12.3. The van der Waals surface area contributed by atoms with Gasteiger partial charge in [0.15, 0.2) is 0 Å². The van der Waals surface area contributed by atoms with E-state index in [0.717, 1.165) is 11.3 Å². The molecule has 1 N–H and O–H groups in total. The van der Waals surface area contributed by atoms with Gasteiger partial charge in [-0.3, -0.25) is 9.59 Å². The summed E-state index contributed by atoms with van der Waals surface area (Å²) < 4.78 is 10.8. The lowest BCUT2D eigenvalue weighted by Gasteiger charge is -2.16. The number of hydrogen-bond donors (Lipinski definition) is 1. The first-order valence-electron chi connectivity index (χ1n) is 9.11. The number of amides is 2. The minimum atomic E-state index is -0.359. The first-order valence-corrected chi connectivity index (χ1v) is 9.49. The topological polar surface area (TPSA) is 67.9 Å². The van der Waals surface area contributed by atoms with Crippen molar-refractivity contribution in [3.8, 4) is 11.5 Å². The molecule has 154 valence electrons. The van der Waals surface area contributed by atoms with Gasteiger partial charge in [-0.05, 0) is 55.8 Å². The van der Waals surface area contributed by atoms with E-state index < -0.39 is 0 Å². The molecule has 7 heteroatoms. The maximum atomic E-state index is 12.3. The summed E-state index contributed by atoms with van der Waals surface area (Å²) in [4.78, 5) is 25.9. The molecule has 0 aliphatic heterocycles. The lowest BCUT2D eigenvalue weighted by Crippen LogP contribution is -2.33. The highest BCUT2D eigenvalue weighted by Crippen LogP contribution is 2.27. The average molecular weight is 417 g/mol. The normalized spacial score (nSPS) is 10.8. The third-order valence-electron chi connectivity index (χ3n) is 3.84. The Hall–Kier alpha value is -2.99. The highest BCUT2D eigenvalue weighted by molar-refractivity contribution is 6.31. The Morgan fingerprint density at radius 3 is 2.66 bits per heavy atom. The summed E-state index contributed by atoms with van der Waals surface area (Å²) in [6.45, 7) is 3.78. The van der Waals surface area contributed by atoms with Crippen LogP contribution < -0.4 is 14.8 Å². The van der Waals surface area contributed by atoms with E-state index in [-0.39, 0.29) is 24.5 Å². The van der Waals surface area contributed by atoms with Crippen molar-refractivity contribution in [2.75, 3.05) is 26.0 Å². The summed E-state index contributed by atoms with van der Waals surface area (Å²) in [5.41, 5.74) is 1.28. The number of carbonyl (C=O) groups excluding carboxylic acids is 2. The zero-order valence-corrected chi connectivity index (χ0v) is 17.7. The number of rotatable bonds is 8. The van der Waals surface area contributed by atoms with Gasteiger partial charge in [-0.2, -0.15) is 0 Å². The van der Waals surface area contributed by atoms with Gasteiger partial charge < -0.3 is 19.7 Å². The number of anilines is 1. The van der Waals surface area contributed by atoms with Crippen molar-refractivity contribution in [1.29, 1.82) is 0 Å². The number of halogens is 1. The highest BCUT2D eigenvalue weighted by Gasteiger charge is 2.13. The summed E-state index contributed by atoms with van der Waals surface area (Å²) in [5, 5.41) is 3.17. The fourth-order valence-electron chi connectivity index (χ4n) is 2.52. The van der Waals surface area contributed by atoms with Gasteiger partial charge in [-0.15, -0.1) is 0 Å². The highest BCUT2D eigenvalue weighted by atomic mass is 35.5. The van der Waals surface area contributed by atoms with Crippen molar-refractivity contribution in [1.82, 2.24) is 4.90 Å². The molecule has 0 aliphatic rings. The summed E-state index contributed by atoms with van der Waals surface area (Å²) in [6.07, 6.45) is 3.17. The minimum absolute atomic E-state index is 0.0682. The number of carbonyl (C=O) groups is 2. The molecular weight excluding hydrogens is 392 g/mol. The molecule has 29 heavy (non-hydrogen) atoms. The molecule has 0 fully saturated rings. The van der Waals surface area contributed by atoms with Gasteiger partial charge >= 0.3 is 0 Å². The molecule has 0 radical (unpaired) electrons. The Balaban J connectivity index is 1.96. The molecule has 2 rings (SSSR count). The summed E-state index contributed by atoms with van der Waals surface area (Å²) >= 11 is 5.96. The molecule has 0 atom stereocenters. The fraction of sp³-hybridized carbons (Fsp3) is 0.273. The van der Waals surface area contributed by atoms with E-state index in [4.69, 9.17) is 21.1 Å². The first-order chi connectivity index (χ1) is 13.8. The molecule has 0 bridgehead atoms. The largest absolute Gasteiger partial charge is 0.495 e. The molecule has 0 saturated carbocycles. The number of benzene rings is 2. The lowest BCUT2D eigenvalue weighted by molar-refractivity contribution is -0.129. The maximum Gasteiger partial charge on any atom is 0.246 e. The minimum Gasteiger partial charge on any atom is -0.495 e. The van der Waals surface area contributed by atoms with Gasteiger partial charge in [0.2, 0.25) is 11.8 Å². The number of methoxy groups -OCH3 is 1. The number of likely N-dealkylation sites (N-methyl/N-ethyl adjacent to an activating group) is 1. The average Bonchev–Trinajstić information content (AvgIpc) is 2.66. The van der Waals surface area contributed by atoms with Crippen molar-refractivity contribution >= 4 is 35.2 Å². The van der Waals surface area contributed by atoms with Crippen LogP contribution in [0.5, 0.6) is 11.5 Å². The first kappa shape index (κ1) is 22.3. The zero-order chi connectivity index (χ0) is 21.4. The molecular formula is C22H25ClN2O4. The third-order valence-corrected chi connectivity index (χ3v) is 4.08. The van der Waals surface area contributed by atoms with Crippen molar-refractivity contribution in [3.05, 3.63) is 59.1 Å². The number of nitrogens with zero attached hydrogens (tertiary/aromatic N) is 1. The predicted molar refractivity (Wildman–Crippen MR) is 116 cm³/mol. The molecule has 0 aromatic heterocycles. The van der Waals surface area contributed by atoms with Gasteiger partial charge in [0, 0.05) is 18.1 Å². The fourth-order valence-corrected chi connectivity index (χ4v) is 2.69. The lowest BCUT2D eigenvalue weighted by atomic mass is 10.2. The Bertz CT molecular complexity index is 896. The second-order valence-electron chi connectivity index (χ2n) is 6.66. The van der Waals surface area contributed by atoms with E-state index in [1.807, 2.05) is 38.1 Å². The van der Waals surface area contributed by atoms with Gasteiger partial charge in [-0.1, -0.05) is 23.7 Å². The quantitative estimate of drug-likeness (QED) is 0.653. The Kier molecular flexibility index (Phi) is 8.09. The van der Waals surface area contributed by atoms with E-state index >= 15 is 0 Å². The smallest absolute Gasteiger partial charge is 0.246 e. The van der Waals surface area contributed by atoms with Crippen LogP contribution in [0.2, 0.25) is 5.02 Å². The van der Waals surface area contributed by atoms with Gasteiger partial charge in [0.05, 0.1) is 25.4 Å². The van der Waals surface area contributed by atoms with E-state index in [1.165, 1.54) is 18.1 Å². The second kappa shape index (κ2) is 10.5. The third kappa shape index (κ3) is 7.16. The van der Waals surface area contributed by atoms with E-state index in [1.54, 1.807) is 31.3 Å². The van der Waals surface area contributed by atoms with Gasteiger partial charge in [0.25, 0.3) is 0 Å². The zero-order valence-electron chi connectivity index (χ0n) is 16.9. The van der Waals surface area contributed by atoms with Crippen LogP contribution in [-0.4, -0.2) is 43.5 Å². The van der Waals surface area contributed by atoms with Crippen LogP contribution in [0.1, 0.15) is 19.4 Å². The molecule has 0 heterocycles. The molecule has 2 aromatic rings. The monoisotopic (exact) mass is 416 g/mol. The molecule has 0 spiro atoms. The van der Waals surface area contributed by atoms with E-state index in [0.29, 0.717) is 16.5 Å². The SMILES string of the molecule is COc1ccc(Cl)cc1NC(=O)CN(C)C(=O)/C=C/c1cccc(OC(C)C)c1. The Morgan fingerprint density at radius 2 is 1.97 bits per heavy atom. The number of hydrogen-bond acceptors (Lipinski definition) is 4. The number of ether oxygens (including phenoxy) is 2. The van der Waals surface area contributed by atoms with Crippen molar-refractivity contribution < 1.29 is 19.1 Å².